The predicted octanol–water partition coefficient (Wildman–Crippen LogP) is 2.41. The Bertz CT molecular complexity index is 571. The van der Waals surface area contributed by atoms with Crippen molar-refractivity contribution >= 4 is 23.5 Å². The summed E-state index contributed by atoms with van der Waals surface area (Å²) in [7, 11) is 0. The van der Waals surface area contributed by atoms with Gasteiger partial charge < -0.3 is 5.32 Å². The minimum atomic E-state index is -0.256. The number of carbonyl (C=O) groups excluding carboxylic acids is 1. The van der Waals surface area contributed by atoms with Crippen molar-refractivity contribution < 1.29 is 4.79 Å². The first-order valence-corrected chi connectivity index (χ1v) is 7.08. The van der Waals surface area contributed by atoms with E-state index in [1.807, 2.05) is 25.3 Å². The number of thioether (sulfide) groups is 1. The monoisotopic (exact) mass is 274 g/mol. The molecule has 2 rings (SSSR count). The zero-order valence-electron chi connectivity index (χ0n) is 10.8. The van der Waals surface area contributed by atoms with E-state index in [1.54, 1.807) is 6.07 Å². The lowest BCUT2D eigenvalue weighted by Crippen LogP contribution is -2.14. The second kappa shape index (κ2) is 6.29. The van der Waals surface area contributed by atoms with Crippen molar-refractivity contribution in [2.45, 2.75) is 18.5 Å². The molecule has 19 heavy (non-hydrogen) atoms. The second-order valence-electron chi connectivity index (χ2n) is 3.78. The van der Waals surface area contributed by atoms with Gasteiger partial charge in [-0.1, -0.05) is 24.8 Å². The third kappa shape index (κ3) is 3.51. The number of amides is 1. The van der Waals surface area contributed by atoms with Crippen LogP contribution in [0.25, 0.3) is 0 Å². The van der Waals surface area contributed by atoms with Crippen LogP contribution in [-0.4, -0.2) is 27.1 Å². The Kier molecular flexibility index (Phi) is 4.46. The quantitative estimate of drug-likeness (QED) is 0.685. The van der Waals surface area contributed by atoms with Gasteiger partial charge in [-0.05, 0) is 24.8 Å². The molecule has 0 bridgehead atoms. The molecule has 2 heterocycles. The lowest BCUT2D eigenvalue weighted by molar-refractivity contribution is 0.102. The number of nitrogens with one attached hydrogen (secondary N) is 1. The van der Waals surface area contributed by atoms with Crippen LogP contribution in [0.15, 0.2) is 35.7 Å². The van der Waals surface area contributed by atoms with Gasteiger partial charge in [0.05, 0.1) is 5.56 Å². The molecule has 0 aliphatic rings. The smallest absolute Gasteiger partial charge is 0.259 e. The Balaban J connectivity index is 2.11. The second-order valence-corrected chi connectivity index (χ2v) is 4.55. The molecule has 2 aromatic heterocycles. The zero-order valence-corrected chi connectivity index (χ0v) is 11.6. The fraction of sp³-hybridized carbons (Fsp3) is 0.231. The van der Waals surface area contributed by atoms with Crippen LogP contribution in [0.5, 0.6) is 0 Å². The van der Waals surface area contributed by atoms with Gasteiger partial charge in [-0.3, -0.25) is 4.79 Å². The predicted molar refractivity (Wildman–Crippen MR) is 75.4 cm³/mol. The summed E-state index contributed by atoms with van der Waals surface area (Å²) in [6.45, 7) is 2.02. The molecule has 0 aromatic carbocycles. The number of hydrogen-bond donors (Lipinski definition) is 1. The number of nitrogens with zero attached hydrogens (tertiary/aromatic N) is 3. The molecular formula is C13H14N4OS. The van der Waals surface area contributed by atoms with Gasteiger partial charge in [0.25, 0.3) is 5.91 Å². The minimum Gasteiger partial charge on any atom is -0.306 e. The number of carbonyl (C=O) groups is 1. The van der Waals surface area contributed by atoms with Crippen LogP contribution in [0, 0.1) is 0 Å². The van der Waals surface area contributed by atoms with Gasteiger partial charge in [0.1, 0.15) is 5.82 Å². The molecule has 2 aromatic rings. The fourth-order valence-corrected chi connectivity index (χ4v) is 1.79. The van der Waals surface area contributed by atoms with E-state index in [0.717, 1.165) is 12.1 Å². The minimum absolute atomic E-state index is 0.256. The average Bonchev–Trinajstić information content (AvgIpc) is 2.47. The van der Waals surface area contributed by atoms with Gasteiger partial charge in [0, 0.05) is 18.1 Å². The molecule has 0 aliphatic heterocycles. The molecule has 1 N–H and O–H groups in total. The van der Waals surface area contributed by atoms with Gasteiger partial charge in [-0.2, -0.15) is 0 Å². The SMILES string of the molecule is CCc1cccc(NC(=O)c2cnc(SC)nc2)n1. The summed E-state index contributed by atoms with van der Waals surface area (Å²) in [5.41, 5.74) is 1.35. The lowest BCUT2D eigenvalue weighted by atomic mass is 10.3. The van der Waals surface area contributed by atoms with Crippen LogP contribution >= 0.6 is 11.8 Å². The standard InChI is InChI=1S/C13H14N4OS/c1-3-10-5-4-6-11(16-10)17-12(18)9-7-14-13(19-2)15-8-9/h4-8H,3H2,1-2H3,(H,16,17,18). The van der Waals surface area contributed by atoms with Gasteiger partial charge in [-0.25, -0.2) is 15.0 Å². The van der Waals surface area contributed by atoms with E-state index in [0.29, 0.717) is 16.5 Å². The van der Waals surface area contributed by atoms with Gasteiger partial charge in [0.15, 0.2) is 5.16 Å². The summed E-state index contributed by atoms with van der Waals surface area (Å²) in [6.07, 6.45) is 5.74. The number of aryl methyl sites for hydroxylation is 1. The van der Waals surface area contributed by atoms with E-state index in [-0.39, 0.29) is 5.91 Å². The summed E-state index contributed by atoms with van der Waals surface area (Å²) < 4.78 is 0. The Morgan fingerprint density at radius 3 is 2.68 bits per heavy atom. The maximum atomic E-state index is 12.0. The first-order chi connectivity index (χ1) is 9.22. The average molecular weight is 274 g/mol. The third-order valence-corrected chi connectivity index (χ3v) is 3.06. The maximum Gasteiger partial charge on any atom is 0.259 e. The van der Waals surface area contributed by atoms with Crippen molar-refractivity contribution in [3.05, 3.63) is 41.9 Å². The van der Waals surface area contributed by atoms with Gasteiger partial charge >= 0.3 is 0 Å². The first-order valence-electron chi connectivity index (χ1n) is 5.86. The van der Waals surface area contributed by atoms with Crippen molar-refractivity contribution in [1.29, 1.82) is 0 Å². The first kappa shape index (κ1) is 13.5. The van der Waals surface area contributed by atoms with E-state index in [9.17, 15) is 4.79 Å². The molecule has 0 fully saturated rings. The van der Waals surface area contributed by atoms with Crippen molar-refractivity contribution in [3.63, 3.8) is 0 Å². The molecule has 0 unspecified atom stereocenters. The lowest BCUT2D eigenvalue weighted by Gasteiger charge is -2.05. The van der Waals surface area contributed by atoms with Crippen LogP contribution in [-0.2, 0) is 6.42 Å². The third-order valence-electron chi connectivity index (χ3n) is 2.48. The molecule has 1 amide bonds. The Labute approximate surface area is 115 Å². The summed E-state index contributed by atoms with van der Waals surface area (Å²) >= 11 is 1.43. The molecule has 0 saturated heterocycles. The van der Waals surface area contributed by atoms with E-state index in [4.69, 9.17) is 0 Å². The molecule has 98 valence electrons. The van der Waals surface area contributed by atoms with Crippen LogP contribution in [0.3, 0.4) is 0 Å². The van der Waals surface area contributed by atoms with Crippen molar-refractivity contribution in [2.75, 3.05) is 11.6 Å². The largest absolute Gasteiger partial charge is 0.306 e. The Morgan fingerprint density at radius 2 is 2.05 bits per heavy atom. The highest BCUT2D eigenvalue weighted by molar-refractivity contribution is 7.98. The topological polar surface area (TPSA) is 67.8 Å². The van der Waals surface area contributed by atoms with Crippen LogP contribution < -0.4 is 5.32 Å². The molecule has 0 spiro atoms. The molecule has 0 saturated carbocycles. The number of aromatic nitrogens is 3. The highest BCUT2D eigenvalue weighted by atomic mass is 32.2. The van der Waals surface area contributed by atoms with Crippen molar-refractivity contribution in [3.8, 4) is 0 Å². The highest BCUT2D eigenvalue weighted by Crippen LogP contribution is 2.10. The maximum absolute atomic E-state index is 12.0. The van der Waals surface area contributed by atoms with Gasteiger partial charge in [-0.15, -0.1) is 0 Å². The van der Waals surface area contributed by atoms with E-state index in [2.05, 4.69) is 20.3 Å². The molecule has 5 nitrogen and oxygen atoms in total. The number of anilines is 1. The zero-order chi connectivity index (χ0) is 13.7. The van der Waals surface area contributed by atoms with E-state index >= 15 is 0 Å². The van der Waals surface area contributed by atoms with Crippen LogP contribution in [0.4, 0.5) is 5.82 Å². The van der Waals surface area contributed by atoms with E-state index < -0.39 is 0 Å². The Morgan fingerprint density at radius 1 is 1.32 bits per heavy atom. The normalized spacial score (nSPS) is 10.2. The summed E-state index contributed by atoms with van der Waals surface area (Å²) in [6, 6.07) is 5.55. The molecular weight excluding hydrogens is 260 g/mol. The number of rotatable bonds is 4. The molecule has 0 radical (unpaired) electrons. The van der Waals surface area contributed by atoms with Crippen LogP contribution in [0.1, 0.15) is 23.0 Å². The summed E-state index contributed by atoms with van der Waals surface area (Å²) in [5, 5.41) is 3.37. The van der Waals surface area contributed by atoms with E-state index in [1.165, 1.54) is 24.2 Å². The molecule has 0 aliphatic carbocycles. The highest BCUT2D eigenvalue weighted by Gasteiger charge is 2.08. The van der Waals surface area contributed by atoms with Gasteiger partial charge in [0.2, 0.25) is 0 Å². The number of pyridine rings is 1. The van der Waals surface area contributed by atoms with Crippen LogP contribution in [0.2, 0.25) is 0 Å². The molecule has 6 heteroatoms. The Hall–Kier alpha value is -1.95. The van der Waals surface area contributed by atoms with Crippen molar-refractivity contribution in [2.24, 2.45) is 0 Å². The fourth-order valence-electron chi connectivity index (χ4n) is 1.47. The number of hydrogen-bond acceptors (Lipinski definition) is 5. The summed E-state index contributed by atoms with van der Waals surface area (Å²) in [5.74, 6) is 0.284. The van der Waals surface area contributed by atoms with Crippen molar-refractivity contribution in [1.82, 2.24) is 15.0 Å². The summed E-state index contributed by atoms with van der Waals surface area (Å²) in [4.78, 5) is 24.4. The molecule has 0 atom stereocenters.